The molecule has 0 heterocycles. The molecule has 6 rings (SSSR count). The third-order valence-electron chi connectivity index (χ3n) is 3.87. The smallest absolute Gasteiger partial charge is 0.00557 e. The van der Waals surface area contributed by atoms with Crippen LogP contribution in [0.5, 0.6) is 0 Å². The summed E-state index contributed by atoms with van der Waals surface area (Å²) in [6, 6.07) is 18.1. The van der Waals surface area contributed by atoms with E-state index in [9.17, 15) is 0 Å². The van der Waals surface area contributed by atoms with Crippen LogP contribution in [0.4, 0.5) is 0 Å². The van der Waals surface area contributed by atoms with E-state index in [-0.39, 0.29) is 0 Å². The Bertz CT molecular complexity index is 531. The van der Waals surface area contributed by atoms with E-state index in [1.807, 2.05) is 0 Å². The molecule has 0 spiro atoms. The third-order valence-corrected chi connectivity index (χ3v) is 3.87. The molecule has 2 aromatic rings. The van der Waals surface area contributed by atoms with Gasteiger partial charge in [-0.3, -0.25) is 0 Å². The van der Waals surface area contributed by atoms with Crippen LogP contribution in [0.3, 0.4) is 0 Å². The minimum Gasteiger partial charge on any atom is -0.102 e. The molecule has 1 atom stereocenters. The lowest BCUT2D eigenvalue weighted by atomic mass is 9.89. The highest BCUT2D eigenvalue weighted by atomic mass is 14.1. The average Bonchev–Trinajstić information content (AvgIpc) is 2.42. The topological polar surface area (TPSA) is 0 Å². The molecule has 0 saturated carbocycles. The van der Waals surface area contributed by atoms with Gasteiger partial charge in [0.15, 0.2) is 0 Å². The summed E-state index contributed by atoms with van der Waals surface area (Å²) in [6.45, 7) is 3.99. The largest absolute Gasteiger partial charge is 0.102 e. The van der Waals surface area contributed by atoms with Crippen molar-refractivity contribution >= 4 is 0 Å². The second-order valence-electron chi connectivity index (χ2n) is 5.10. The van der Waals surface area contributed by atoms with Gasteiger partial charge in [0.1, 0.15) is 0 Å². The predicted octanol–water partition coefficient (Wildman–Crippen LogP) is 4.30. The summed E-state index contributed by atoms with van der Waals surface area (Å²) in [6.07, 6.45) is 5.36. The van der Waals surface area contributed by atoms with E-state index in [4.69, 9.17) is 0 Å². The zero-order valence-electron chi connectivity index (χ0n) is 10.6. The van der Waals surface area contributed by atoms with Crippen LogP contribution in [-0.4, -0.2) is 0 Å². The lowest BCUT2D eigenvalue weighted by Crippen LogP contribution is -2.02. The van der Waals surface area contributed by atoms with Gasteiger partial charge in [-0.2, -0.15) is 0 Å². The molecule has 4 aliphatic rings. The summed E-state index contributed by atoms with van der Waals surface area (Å²) >= 11 is 0. The highest BCUT2D eigenvalue weighted by Gasteiger charge is 2.10. The van der Waals surface area contributed by atoms with Crippen LogP contribution < -0.4 is 0 Å². The van der Waals surface area contributed by atoms with E-state index >= 15 is 0 Å². The van der Waals surface area contributed by atoms with Crippen molar-refractivity contribution in [2.24, 2.45) is 0 Å². The average molecular weight is 234 g/mol. The van der Waals surface area contributed by atoms with Crippen molar-refractivity contribution in [3.63, 3.8) is 0 Å². The molecule has 0 fully saturated rings. The van der Waals surface area contributed by atoms with Crippen LogP contribution in [0.25, 0.3) is 0 Å². The number of rotatable bonds is 1. The van der Waals surface area contributed by atoms with Gasteiger partial charge in [-0.05, 0) is 41.5 Å². The molecule has 0 heteroatoms. The van der Waals surface area contributed by atoms with Crippen LogP contribution in [-0.2, 0) is 19.3 Å². The SMILES string of the molecule is C=CC1Cc2ccc(cc2)CCc2ccc1cc2. The van der Waals surface area contributed by atoms with Gasteiger partial charge >= 0.3 is 0 Å². The number of benzene rings is 2. The van der Waals surface area contributed by atoms with Crippen molar-refractivity contribution in [1.82, 2.24) is 0 Å². The first kappa shape index (κ1) is 11.3. The molecule has 4 aliphatic carbocycles. The van der Waals surface area contributed by atoms with Gasteiger partial charge in [0, 0.05) is 5.92 Å². The van der Waals surface area contributed by atoms with Crippen molar-refractivity contribution in [3.05, 3.63) is 83.4 Å². The molecular weight excluding hydrogens is 216 g/mol. The normalized spacial score (nSPS) is 18.1. The molecule has 0 saturated heterocycles. The first-order valence-electron chi connectivity index (χ1n) is 6.64. The predicted molar refractivity (Wildman–Crippen MR) is 76.9 cm³/mol. The van der Waals surface area contributed by atoms with Gasteiger partial charge in [-0.25, -0.2) is 0 Å². The van der Waals surface area contributed by atoms with Crippen molar-refractivity contribution < 1.29 is 0 Å². The van der Waals surface area contributed by atoms with Gasteiger partial charge in [0.05, 0.1) is 0 Å². The molecule has 0 aliphatic heterocycles. The molecule has 0 aromatic heterocycles. The Kier molecular flexibility index (Phi) is 3.02. The van der Waals surface area contributed by atoms with Crippen molar-refractivity contribution in [2.75, 3.05) is 0 Å². The molecule has 0 nitrogen and oxygen atoms in total. The Morgan fingerprint density at radius 3 is 1.83 bits per heavy atom. The van der Waals surface area contributed by atoms with Gasteiger partial charge in [0.2, 0.25) is 0 Å². The fourth-order valence-electron chi connectivity index (χ4n) is 2.65. The Morgan fingerprint density at radius 1 is 0.778 bits per heavy atom. The molecule has 0 radical (unpaired) electrons. The monoisotopic (exact) mass is 234 g/mol. The summed E-state index contributed by atoms with van der Waals surface area (Å²) in [4.78, 5) is 0. The highest BCUT2D eigenvalue weighted by molar-refractivity contribution is 5.33. The molecule has 0 amide bonds. The Hall–Kier alpha value is -1.82. The Morgan fingerprint density at radius 2 is 1.28 bits per heavy atom. The Labute approximate surface area is 109 Å². The van der Waals surface area contributed by atoms with Crippen LogP contribution in [0.2, 0.25) is 0 Å². The highest BCUT2D eigenvalue weighted by Crippen LogP contribution is 2.24. The molecule has 2 aromatic carbocycles. The molecule has 0 N–H and O–H groups in total. The van der Waals surface area contributed by atoms with Crippen molar-refractivity contribution in [2.45, 2.75) is 25.2 Å². The lowest BCUT2D eigenvalue weighted by Gasteiger charge is -2.15. The number of aryl methyl sites for hydroxylation is 2. The van der Waals surface area contributed by atoms with Gasteiger partial charge in [-0.1, -0.05) is 54.6 Å². The molecule has 1 unspecified atom stereocenters. The fraction of sp³-hybridized carbons (Fsp3) is 0.222. The van der Waals surface area contributed by atoms with Crippen LogP contribution in [0.15, 0.2) is 61.2 Å². The minimum absolute atomic E-state index is 0.421. The quantitative estimate of drug-likeness (QED) is 0.645. The first-order valence-corrected chi connectivity index (χ1v) is 6.64. The zero-order valence-corrected chi connectivity index (χ0v) is 10.6. The van der Waals surface area contributed by atoms with E-state index in [0.717, 1.165) is 19.3 Å². The maximum absolute atomic E-state index is 3.99. The van der Waals surface area contributed by atoms with Gasteiger partial charge < -0.3 is 0 Å². The van der Waals surface area contributed by atoms with E-state index in [0.29, 0.717) is 5.92 Å². The molecule has 90 valence electrons. The summed E-state index contributed by atoms with van der Waals surface area (Å²) < 4.78 is 0. The van der Waals surface area contributed by atoms with Crippen LogP contribution in [0.1, 0.15) is 28.2 Å². The van der Waals surface area contributed by atoms with Gasteiger partial charge in [0.25, 0.3) is 0 Å². The standard InChI is InChI=1S/C18H18/c1-2-17-13-16-7-5-14(6-8-16)3-4-15-9-11-18(17)12-10-15/h2,5-12,17H,1,3-4,13H2. The summed E-state index contributed by atoms with van der Waals surface area (Å²) in [7, 11) is 0. The van der Waals surface area contributed by atoms with Crippen LogP contribution >= 0.6 is 0 Å². The number of hydrogen-bond acceptors (Lipinski definition) is 0. The molecule has 4 bridgehead atoms. The van der Waals surface area contributed by atoms with Gasteiger partial charge in [-0.15, -0.1) is 6.58 Å². The van der Waals surface area contributed by atoms with E-state index in [2.05, 4.69) is 61.2 Å². The van der Waals surface area contributed by atoms with Crippen LogP contribution in [0, 0.1) is 0 Å². The minimum atomic E-state index is 0.421. The van der Waals surface area contributed by atoms with Crippen molar-refractivity contribution in [3.8, 4) is 0 Å². The first-order chi connectivity index (χ1) is 8.85. The molecule has 18 heavy (non-hydrogen) atoms. The van der Waals surface area contributed by atoms with E-state index in [1.54, 1.807) is 0 Å². The number of allylic oxidation sites excluding steroid dienone is 1. The summed E-state index contributed by atoms with van der Waals surface area (Å²) in [5, 5.41) is 0. The maximum atomic E-state index is 3.99. The maximum Gasteiger partial charge on any atom is 0.00557 e. The summed E-state index contributed by atoms with van der Waals surface area (Å²) in [5.41, 5.74) is 5.62. The lowest BCUT2D eigenvalue weighted by molar-refractivity contribution is 0.830. The van der Waals surface area contributed by atoms with E-state index < -0.39 is 0 Å². The van der Waals surface area contributed by atoms with E-state index in [1.165, 1.54) is 22.3 Å². The summed E-state index contributed by atoms with van der Waals surface area (Å²) in [5.74, 6) is 0.421. The zero-order chi connectivity index (χ0) is 12.4. The number of hydrogen-bond donors (Lipinski definition) is 0. The Balaban J connectivity index is 2.04. The second kappa shape index (κ2) is 4.81. The van der Waals surface area contributed by atoms with Crippen molar-refractivity contribution in [1.29, 1.82) is 0 Å². The second-order valence-corrected chi connectivity index (χ2v) is 5.10. The fourth-order valence-corrected chi connectivity index (χ4v) is 2.65. The third kappa shape index (κ3) is 2.24. The molecular formula is C18H18.